The van der Waals surface area contributed by atoms with E-state index in [0.29, 0.717) is 5.56 Å². The normalized spacial score (nSPS) is 12.2. The Labute approximate surface area is 86.6 Å². The molecular weight excluding hydrogens is 207 g/mol. The molecule has 0 amide bonds. The minimum Gasteiger partial charge on any atom is -0.456 e. The van der Waals surface area contributed by atoms with Crippen LogP contribution in [-0.4, -0.2) is 11.8 Å². The first-order valence-corrected chi connectivity index (χ1v) is 4.65. The van der Waals surface area contributed by atoms with E-state index < -0.39 is 12.1 Å². The van der Waals surface area contributed by atoms with Crippen molar-refractivity contribution in [3.63, 3.8) is 0 Å². The van der Waals surface area contributed by atoms with Gasteiger partial charge in [-0.1, -0.05) is 12.1 Å². The molecule has 0 aromatic heterocycles. The first-order chi connectivity index (χ1) is 6.63. The molecule has 0 saturated carbocycles. The second kappa shape index (κ2) is 4.96. The fraction of sp³-hybridized carbons (Fsp3) is 0.300. The second-order valence-electron chi connectivity index (χ2n) is 2.80. The van der Waals surface area contributed by atoms with Crippen molar-refractivity contribution in [2.24, 2.45) is 0 Å². The van der Waals surface area contributed by atoms with Crippen LogP contribution in [0.4, 0.5) is 4.39 Å². The molecule has 4 heteroatoms. The number of halogens is 2. The Kier molecular flexibility index (Phi) is 3.89. The molecule has 0 N–H and O–H groups in total. The number of alkyl halides is 1. The Morgan fingerprint density at radius 2 is 2.07 bits per heavy atom. The fourth-order valence-corrected chi connectivity index (χ4v) is 1.31. The molecule has 2 nitrogen and oxygen atoms in total. The van der Waals surface area contributed by atoms with Gasteiger partial charge >= 0.3 is 5.97 Å². The van der Waals surface area contributed by atoms with Crippen molar-refractivity contribution >= 4 is 17.6 Å². The van der Waals surface area contributed by atoms with Crippen LogP contribution in [0.2, 0.25) is 0 Å². The van der Waals surface area contributed by atoms with E-state index in [0.717, 1.165) is 0 Å². The summed E-state index contributed by atoms with van der Waals surface area (Å²) >= 11 is 5.61. The van der Waals surface area contributed by atoms with E-state index in [1.807, 2.05) is 0 Å². The molecule has 1 aromatic carbocycles. The summed E-state index contributed by atoms with van der Waals surface area (Å²) in [7, 11) is 0. The lowest BCUT2D eigenvalue weighted by atomic mass is 10.1. The monoisotopic (exact) mass is 216 g/mol. The third-order valence-electron chi connectivity index (χ3n) is 1.69. The highest BCUT2D eigenvalue weighted by molar-refractivity contribution is 6.18. The molecule has 1 atom stereocenters. The molecule has 0 spiro atoms. The van der Waals surface area contributed by atoms with Crippen LogP contribution in [0.1, 0.15) is 18.6 Å². The molecule has 0 saturated heterocycles. The van der Waals surface area contributed by atoms with Crippen molar-refractivity contribution in [1.29, 1.82) is 0 Å². The minimum absolute atomic E-state index is 0.158. The molecule has 0 radical (unpaired) electrons. The van der Waals surface area contributed by atoms with Gasteiger partial charge in [-0.05, 0) is 17.7 Å². The average molecular weight is 217 g/mol. The van der Waals surface area contributed by atoms with Crippen LogP contribution >= 0.6 is 11.6 Å². The van der Waals surface area contributed by atoms with Gasteiger partial charge < -0.3 is 4.74 Å². The van der Waals surface area contributed by atoms with Crippen molar-refractivity contribution in [3.05, 3.63) is 35.6 Å². The number of hydrogen-bond donors (Lipinski definition) is 0. The number of ether oxygens (including phenoxy) is 1. The summed E-state index contributed by atoms with van der Waals surface area (Å²) in [5.41, 5.74) is 0.691. The summed E-state index contributed by atoms with van der Waals surface area (Å²) in [6.07, 6.45) is -0.505. The van der Waals surface area contributed by atoms with Gasteiger partial charge in [0.05, 0.1) is 5.88 Å². The van der Waals surface area contributed by atoms with Crippen molar-refractivity contribution in [2.75, 3.05) is 5.88 Å². The second-order valence-corrected chi connectivity index (χ2v) is 3.11. The number of hydrogen-bond acceptors (Lipinski definition) is 2. The van der Waals surface area contributed by atoms with Gasteiger partial charge in [0, 0.05) is 6.92 Å². The summed E-state index contributed by atoms with van der Waals surface area (Å²) in [4.78, 5) is 10.7. The zero-order valence-corrected chi connectivity index (χ0v) is 8.42. The topological polar surface area (TPSA) is 26.3 Å². The van der Waals surface area contributed by atoms with Crippen LogP contribution in [0.25, 0.3) is 0 Å². The Hall–Kier alpha value is -1.09. The molecule has 0 aliphatic carbocycles. The van der Waals surface area contributed by atoms with Gasteiger partial charge in [-0.25, -0.2) is 4.39 Å². The van der Waals surface area contributed by atoms with E-state index in [9.17, 15) is 9.18 Å². The Morgan fingerprint density at radius 3 is 2.50 bits per heavy atom. The third-order valence-corrected chi connectivity index (χ3v) is 1.97. The first-order valence-electron chi connectivity index (χ1n) is 4.12. The van der Waals surface area contributed by atoms with Crippen LogP contribution in [0.3, 0.4) is 0 Å². The summed E-state index contributed by atoms with van der Waals surface area (Å²) < 4.78 is 17.5. The zero-order valence-electron chi connectivity index (χ0n) is 7.67. The van der Waals surface area contributed by atoms with E-state index in [1.165, 1.54) is 19.1 Å². The van der Waals surface area contributed by atoms with Gasteiger partial charge in [-0.3, -0.25) is 4.79 Å². The maximum absolute atomic E-state index is 12.6. The Morgan fingerprint density at radius 1 is 1.50 bits per heavy atom. The molecule has 0 heterocycles. The fourth-order valence-electron chi connectivity index (χ4n) is 1.07. The summed E-state index contributed by atoms with van der Waals surface area (Å²) in [6.45, 7) is 1.31. The summed E-state index contributed by atoms with van der Waals surface area (Å²) in [5, 5.41) is 0. The van der Waals surface area contributed by atoms with E-state index in [-0.39, 0.29) is 11.7 Å². The molecule has 76 valence electrons. The molecule has 1 rings (SSSR count). The lowest BCUT2D eigenvalue weighted by Crippen LogP contribution is -2.09. The van der Waals surface area contributed by atoms with Crippen LogP contribution in [-0.2, 0) is 9.53 Å². The highest BCUT2D eigenvalue weighted by atomic mass is 35.5. The van der Waals surface area contributed by atoms with E-state index in [4.69, 9.17) is 16.3 Å². The molecule has 0 aliphatic heterocycles. The number of benzene rings is 1. The molecule has 1 aromatic rings. The van der Waals surface area contributed by atoms with Crippen molar-refractivity contribution in [1.82, 2.24) is 0 Å². The van der Waals surface area contributed by atoms with Gasteiger partial charge in [0.25, 0.3) is 0 Å². The molecule has 14 heavy (non-hydrogen) atoms. The van der Waals surface area contributed by atoms with Gasteiger partial charge in [-0.15, -0.1) is 11.6 Å². The number of rotatable bonds is 3. The van der Waals surface area contributed by atoms with Crippen LogP contribution in [0.15, 0.2) is 24.3 Å². The quantitative estimate of drug-likeness (QED) is 0.574. The summed E-state index contributed by atoms with van der Waals surface area (Å²) in [5.74, 6) is -0.574. The number of carbonyl (C=O) groups excluding carboxylic acids is 1. The van der Waals surface area contributed by atoms with Gasteiger partial charge in [0.15, 0.2) is 0 Å². The van der Waals surface area contributed by atoms with Crippen molar-refractivity contribution in [3.8, 4) is 0 Å². The molecular formula is C10H10ClFO2. The van der Waals surface area contributed by atoms with Crippen molar-refractivity contribution < 1.29 is 13.9 Å². The van der Waals surface area contributed by atoms with Crippen molar-refractivity contribution in [2.45, 2.75) is 13.0 Å². The Balaban J connectivity index is 2.78. The largest absolute Gasteiger partial charge is 0.456 e. The zero-order chi connectivity index (χ0) is 10.6. The van der Waals surface area contributed by atoms with Crippen LogP contribution < -0.4 is 0 Å². The highest BCUT2D eigenvalue weighted by Crippen LogP contribution is 2.19. The lowest BCUT2D eigenvalue weighted by Gasteiger charge is -2.13. The number of carbonyl (C=O) groups is 1. The molecule has 0 bridgehead atoms. The predicted octanol–water partition coefficient (Wildman–Crippen LogP) is 2.67. The molecule has 0 fully saturated rings. The molecule has 0 aliphatic rings. The first kappa shape index (κ1) is 11.0. The predicted molar refractivity (Wildman–Crippen MR) is 51.6 cm³/mol. The summed E-state index contributed by atoms with van der Waals surface area (Å²) in [6, 6.07) is 5.70. The maximum Gasteiger partial charge on any atom is 0.303 e. The maximum atomic E-state index is 12.6. The number of esters is 1. The Bertz CT molecular complexity index is 310. The van der Waals surface area contributed by atoms with Crippen LogP contribution in [0, 0.1) is 5.82 Å². The van der Waals surface area contributed by atoms with Gasteiger partial charge in [-0.2, -0.15) is 0 Å². The van der Waals surface area contributed by atoms with Crippen LogP contribution in [0.5, 0.6) is 0 Å². The molecule has 0 unspecified atom stereocenters. The third kappa shape index (κ3) is 3.00. The minimum atomic E-state index is -0.505. The van der Waals surface area contributed by atoms with Gasteiger partial charge in [0.1, 0.15) is 11.9 Å². The SMILES string of the molecule is CC(=O)O[C@H](CCl)c1ccc(F)cc1. The smallest absolute Gasteiger partial charge is 0.303 e. The average Bonchev–Trinajstić information content (AvgIpc) is 2.15. The van der Waals surface area contributed by atoms with Gasteiger partial charge in [0.2, 0.25) is 0 Å². The highest BCUT2D eigenvalue weighted by Gasteiger charge is 2.12. The lowest BCUT2D eigenvalue weighted by molar-refractivity contribution is -0.145. The van der Waals surface area contributed by atoms with E-state index in [2.05, 4.69) is 0 Å². The van der Waals surface area contributed by atoms with E-state index >= 15 is 0 Å². The standard InChI is InChI=1S/C10H10ClFO2/c1-7(13)14-10(6-11)8-2-4-9(12)5-3-8/h2-5,10H,6H2,1H3/t10-/m1/s1. The van der Waals surface area contributed by atoms with E-state index in [1.54, 1.807) is 12.1 Å².